The summed E-state index contributed by atoms with van der Waals surface area (Å²) >= 11 is 12.0. The Kier molecular flexibility index (Phi) is 9.98. The average Bonchev–Trinajstić information content (AvgIpc) is 2.56. The van der Waals surface area contributed by atoms with Crippen LogP contribution in [0.3, 0.4) is 0 Å². The quantitative estimate of drug-likeness (QED) is 0.599. The van der Waals surface area contributed by atoms with E-state index in [2.05, 4.69) is 16.8 Å². The number of aryl methyl sites for hydroxylation is 1. The van der Waals surface area contributed by atoms with Crippen molar-refractivity contribution in [2.45, 2.75) is 32.8 Å². The zero-order valence-electron chi connectivity index (χ0n) is 14.6. The van der Waals surface area contributed by atoms with Crippen LogP contribution in [0.4, 0.5) is 0 Å². The Morgan fingerprint density at radius 3 is 2.52 bits per heavy atom. The molecule has 1 atom stereocenters. The molecule has 1 aromatic heterocycles. The fourth-order valence-electron chi connectivity index (χ4n) is 2.67. The second-order valence-electron chi connectivity index (χ2n) is 6.07. The molecule has 0 spiro atoms. The SMILES string of the molecule is Br.CCCN(CCc1ccc(Cl)c(Cl)c1)CC(O)c1cc(C)ccn1. The van der Waals surface area contributed by atoms with Gasteiger partial charge in [-0.15, -0.1) is 17.0 Å². The van der Waals surface area contributed by atoms with Crippen molar-refractivity contribution < 1.29 is 5.11 Å². The summed E-state index contributed by atoms with van der Waals surface area (Å²) in [6, 6.07) is 9.61. The van der Waals surface area contributed by atoms with Crippen molar-refractivity contribution in [2.24, 2.45) is 0 Å². The number of benzene rings is 1. The molecule has 1 unspecified atom stereocenters. The summed E-state index contributed by atoms with van der Waals surface area (Å²) < 4.78 is 0. The van der Waals surface area contributed by atoms with Crippen LogP contribution in [0.15, 0.2) is 36.5 Å². The van der Waals surface area contributed by atoms with Crippen molar-refractivity contribution in [2.75, 3.05) is 19.6 Å². The molecule has 1 N–H and O–H groups in total. The Balaban J connectivity index is 0.00000312. The zero-order chi connectivity index (χ0) is 17.5. The molecule has 1 heterocycles. The highest BCUT2D eigenvalue weighted by Crippen LogP contribution is 2.23. The predicted molar refractivity (Wildman–Crippen MR) is 111 cm³/mol. The number of nitrogens with zero attached hydrogens (tertiary/aromatic N) is 2. The minimum Gasteiger partial charge on any atom is -0.385 e. The first-order chi connectivity index (χ1) is 11.5. The maximum Gasteiger partial charge on any atom is 0.109 e. The smallest absolute Gasteiger partial charge is 0.109 e. The van der Waals surface area contributed by atoms with Gasteiger partial charge in [-0.25, -0.2) is 0 Å². The Labute approximate surface area is 170 Å². The van der Waals surface area contributed by atoms with Gasteiger partial charge in [0, 0.05) is 19.3 Å². The van der Waals surface area contributed by atoms with Crippen molar-refractivity contribution in [1.82, 2.24) is 9.88 Å². The zero-order valence-corrected chi connectivity index (χ0v) is 17.8. The number of halogens is 3. The lowest BCUT2D eigenvalue weighted by atomic mass is 10.1. The molecule has 3 nitrogen and oxygen atoms in total. The first kappa shape index (κ1) is 22.4. The van der Waals surface area contributed by atoms with Crippen molar-refractivity contribution in [3.63, 3.8) is 0 Å². The molecule has 0 aliphatic carbocycles. The maximum absolute atomic E-state index is 10.5. The molecule has 0 aliphatic rings. The van der Waals surface area contributed by atoms with Crippen molar-refractivity contribution >= 4 is 40.2 Å². The number of hydrogen-bond donors (Lipinski definition) is 1. The van der Waals surface area contributed by atoms with Gasteiger partial charge in [-0.1, -0.05) is 36.2 Å². The Bertz CT molecular complexity index is 670. The van der Waals surface area contributed by atoms with E-state index >= 15 is 0 Å². The molecule has 0 bridgehead atoms. The highest BCUT2D eigenvalue weighted by molar-refractivity contribution is 8.93. The van der Waals surface area contributed by atoms with Crippen LogP contribution in [0, 0.1) is 6.92 Å². The first-order valence-electron chi connectivity index (χ1n) is 8.26. The van der Waals surface area contributed by atoms with Crippen LogP contribution in [0.1, 0.15) is 36.3 Å². The van der Waals surface area contributed by atoms with E-state index in [9.17, 15) is 5.11 Å². The fourth-order valence-corrected chi connectivity index (χ4v) is 2.99. The fraction of sp³-hybridized carbons (Fsp3) is 0.421. The van der Waals surface area contributed by atoms with Crippen LogP contribution in [-0.2, 0) is 6.42 Å². The highest BCUT2D eigenvalue weighted by Gasteiger charge is 2.14. The lowest BCUT2D eigenvalue weighted by Crippen LogP contribution is -2.31. The Hall–Kier alpha value is -0.650. The molecule has 0 amide bonds. The topological polar surface area (TPSA) is 36.4 Å². The normalized spacial score (nSPS) is 12.1. The van der Waals surface area contributed by atoms with E-state index in [1.54, 1.807) is 6.20 Å². The molecule has 0 saturated heterocycles. The van der Waals surface area contributed by atoms with Gasteiger partial charge < -0.3 is 10.0 Å². The van der Waals surface area contributed by atoms with Crippen LogP contribution in [-0.4, -0.2) is 34.6 Å². The monoisotopic (exact) mass is 446 g/mol. The molecule has 2 aromatic rings. The third-order valence-corrected chi connectivity index (χ3v) is 4.69. The number of pyridine rings is 1. The van der Waals surface area contributed by atoms with Gasteiger partial charge in [-0.3, -0.25) is 4.98 Å². The average molecular weight is 448 g/mol. The van der Waals surface area contributed by atoms with Crippen LogP contribution < -0.4 is 0 Å². The second-order valence-corrected chi connectivity index (χ2v) is 6.89. The van der Waals surface area contributed by atoms with Crippen LogP contribution >= 0.6 is 40.2 Å². The third kappa shape index (κ3) is 7.24. The van der Waals surface area contributed by atoms with E-state index in [0.717, 1.165) is 42.8 Å². The van der Waals surface area contributed by atoms with Gasteiger partial charge in [0.15, 0.2) is 0 Å². The minimum absolute atomic E-state index is 0. The van der Waals surface area contributed by atoms with Crippen molar-refractivity contribution in [3.05, 3.63) is 63.4 Å². The van der Waals surface area contributed by atoms with Gasteiger partial charge >= 0.3 is 0 Å². The summed E-state index contributed by atoms with van der Waals surface area (Å²) in [5.74, 6) is 0. The molecule has 6 heteroatoms. The molecule has 0 fully saturated rings. The number of aromatic nitrogens is 1. The molecule has 138 valence electrons. The van der Waals surface area contributed by atoms with Crippen molar-refractivity contribution in [3.8, 4) is 0 Å². The van der Waals surface area contributed by atoms with Gasteiger partial charge in [0.05, 0.1) is 15.7 Å². The minimum atomic E-state index is -0.578. The van der Waals surface area contributed by atoms with Gasteiger partial charge in [-0.05, 0) is 61.7 Å². The summed E-state index contributed by atoms with van der Waals surface area (Å²) in [6.07, 6.45) is 3.07. The van der Waals surface area contributed by atoms with E-state index < -0.39 is 6.10 Å². The lowest BCUT2D eigenvalue weighted by Gasteiger charge is -2.24. The summed E-state index contributed by atoms with van der Waals surface area (Å²) in [6.45, 7) is 6.51. The first-order valence-corrected chi connectivity index (χ1v) is 9.02. The number of aliphatic hydroxyl groups excluding tert-OH is 1. The van der Waals surface area contributed by atoms with E-state index in [1.807, 2.05) is 37.3 Å². The second kappa shape index (κ2) is 11.1. The van der Waals surface area contributed by atoms with Gasteiger partial charge in [0.1, 0.15) is 6.10 Å². The maximum atomic E-state index is 10.5. The number of hydrogen-bond acceptors (Lipinski definition) is 3. The van der Waals surface area contributed by atoms with E-state index in [1.165, 1.54) is 0 Å². The molecule has 0 aliphatic heterocycles. The molecule has 25 heavy (non-hydrogen) atoms. The van der Waals surface area contributed by atoms with E-state index in [0.29, 0.717) is 16.6 Å². The standard InChI is InChI=1S/C19H24Cl2N2O.BrH/c1-3-9-23(10-7-15-4-5-16(20)17(21)12-15)13-19(24)18-11-14(2)6-8-22-18;/h4-6,8,11-12,19,24H,3,7,9-10,13H2,1-2H3;1H. The van der Waals surface area contributed by atoms with Gasteiger partial charge in [-0.2, -0.15) is 0 Å². The van der Waals surface area contributed by atoms with Crippen LogP contribution in [0.25, 0.3) is 0 Å². The predicted octanol–water partition coefficient (Wildman–Crippen LogP) is 5.26. The summed E-state index contributed by atoms with van der Waals surface area (Å²) in [5, 5.41) is 11.6. The van der Waals surface area contributed by atoms with Gasteiger partial charge in [0.25, 0.3) is 0 Å². The molecule has 1 aromatic carbocycles. The summed E-state index contributed by atoms with van der Waals surface area (Å²) in [5.41, 5.74) is 2.98. The van der Waals surface area contributed by atoms with Crippen molar-refractivity contribution in [1.29, 1.82) is 0 Å². The molecular weight excluding hydrogens is 423 g/mol. The molecular formula is C19H25BrCl2N2O. The van der Waals surface area contributed by atoms with E-state index in [-0.39, 0.29) is 17.0 Å². The number of aliphatic hydroxyl groups is 1. The summed E-state index contributed by atoms with van der Waals surface area (Å²) in [7, 11) is 0. The summed E-state index contributed by atoms with van der Waals surface area (Å²) in [4.78, 5) is 6.54. The number of rotatable bonds is 8. The molecule has 0 radical (unpaired) electrons. The Morgan fingerprint density at radius 1 is 1.12 bits per heavy atom. The highest BCUT2D eigenvalue weighted by atomic mass is 79.9. The molecule has 2 rings (SSSR count). The Morgan fingerprint density at radius 2 is 1.88 bits per heavy atom. The third-order valence-electron chi connectivity index (χ3n) is 3.95. The van der Waals surface area contributed by atoms with Crippen LogP contribution in [0.5, 0.6) is 0 Å². The lowest BCUT2D eigenvalue weighted by molar-refractivity contribution is 0.110. The van der Waals surface area contributed by atoms with E-state index in [4.69, 9.17) is 23.2 Å². The largest absolute Gasteiger partial charge is 0.385 e. The molecule has 0 saturated carbocycles. The van der Waals surface area contributed by atoms with Crippen LogP contribution in [0.2, 0.25) is 10.0 Å². The van der Waals surface area contributed by atoms with Gasteiger partial charge in [0.2, 0.25) is 0 Å².